The van der Waals surface area contributed by atoms with Gasteiger partial charge in [0.25, 0.3) is 0 Å². The van der Waals surface area contributed by atoms with Crippen molar-refractivity contribution in [1.82, 2.24) is 0 Å². The molecular weight excluding hydrogens is 211 g/mol. The summed E-state index contributed by atoms with van der Waals surface area (Å²) in [7, 11) is 1.41. The lowest BCUT2D eigenvalue weighted by Gasteiger charge is -2.11. The molecule has 86 valence electrons. The fourth-order valence-electron chi connectivity index (χ4n) is 1.66. The molecule has 1 atom stereocenters. The van der Waals surface area contributed by atoms with Crippen LogP contribution in [0.15, 0.2) is 18.2 Å². The summed E-state index contributed by atoms with van der Waals surface area (Å²) >= 11 is 0. The van der Waals surface area contributed by atoms with E-state index in [0.29, 0.717) is 5.75 Å². The summed E-state index contributed by atoms with van der Waals surface area (Å²) in [6.45, 7) is 0. The number of aliphatic hydroxyl groups is 1. The molecule has 1 aromatic rings. The second kappa shape index (κ2) is 4.22. The highest BCUT2D eigenvalue weighted by molar-refractivity contribution is 6.02. The Hall–Kier alpha value is -1.42. The first-order valence-corrected chi connectivity index (χ1v) is 5.19. The summed E-state index contributed by atoms with van der Waals surface area (Å²) in [4.78, 5) is 11.9. The van der Waals surface area contributed by atoms with Gasteiger partial charge in [-0.3, -0.25) is 4.79 Å². The van der Waals surface area contributed by atoms with Gasteiger partial charge in [0.2, 0.25) is 0 Å². The zero-order valence-corrected chi connectivity index (χ0v) is 8.94. The summed E-state index contributed by atoms with van der Waals surface area (Å²) < 4.78 is 18.0. The number of aliphatic hydroxyl groups excluding tert-OH is 1. The van der Waals surface area contributed by atoms with E-state index in [1.54, 1.807) is 0 Å². The Kier molecular flexibility index (Phi) is 2.92. The number of methoxy groups -OCH3 is 1. The van der Waals surface area contributed by atoms with Gasteiger partial charge in [0.15, 0.2) is 5.78 Å². The van der Waals surface area contributed by atoms with Crippen LogP contribution in [0.25, 0.3) is 0 Å². The average Bonchev–Trinajstić information content (AvgIpc) is 3.11. The first-order valence-electron chi connectivity index (χ1n) is 5.19. The summed E-state index contributed by atoms with van der Waals surface area (Å²) in [5.41, 5.74) is 0.113. The Labute approximate surface area is 92.9 Å². The van der Waals surface area contributed by atoms with Crippen molar-refractivity contribution in [3.05, 3.63) is 29.6 Å². The monoisotopic (exact) mass is 224 g/mol. The fraction of sp³-hybridized carbons (Fsp3) is 0.417. The maximum Gasteiger partial charge on any atom is 0.195 e. The predicted molar refractivity (Wildman–Crippen MR) is 56.0 cm³/mol. The molecule has 0 radical (unpaired) electrons. The van der Waals surface area contributed by atoms with Gasteiger partial charge in [-0.05, 0) is 37.0 Å². The van der Waals surface area contributed by atoms with Gasteiger partial charge in [0.05, 0.1) is 12.7 Å². The van der Waals surface area contributed by atoms with E-state index >= 15 is 0 Å². The van der Waals surface area contributed by atoms with Crippen molar-refractivity contribution in [3.63, 3.8) is 0 Å². The molecule has 1 aliphatic carbocycles. The highest BCUT2D eigenvalue weighted by Crippen LogP contribution is 2.35. The molecule has 0 amide bonds. The summed E-state index contributed by atoms with van der Waals surface area (Å²) in [6.07, 6.45) is 0.672. The number of halogens is 1. The highest BCUT2D eigenvalue weighted by atomic mass is 19.1. The molecule has 16 heavy (non-hydrogen) atoms. The summed E-state index contributed by atoms with van der Waals surface area (Å²) in [5.74, 6) is -0.641. The first kappa shape index (κ1) is 11.1. The molecule has 0 saturated heterocycles. The SMILES string of the molecule is COc1ccc(F)cc1C(=O)C(O)C1CC1. The minimum atomic E-state index is -1.03. The molecule has 2 rings (SSSR count). The predicted octanol–water partition coefficient (Wildman–Crippen LogP) is 1.79. The van der Waals surface area contributed by atoms with Gasteiger partial charge in [0.1, 0.15) is 17.7 Å². The summed E-state index contributed by atoms with van der Waals surface area (Å²) in [6, 6.07) is 3.72. The van der Waals surface area contributed by atoms with E-state index in [1.165, 1.54) is 19.2 Å². The second-order valence-electron chi connectivity index (χ2n) is 3.99. The Morgan fingerprint density at radius 2 is 2.25 bits per heavy atom. The van der Waals surface area contributed by atoms with E-state index in [4.69, 9.17) is 4.74 Å². The second-order valence-corrected chi connectivity index (χ2v) is 3.99. The van der Waals surface area contributed by atoms with Gasteiger partial charge in [-0.1, -0.05) is 0 Å². The lowest BCUT2D eigenvalue weighted by atomic mass is 10.0. The number of benzene rings is 1. The van der Waals surface area contributed by atoms with E-state index in [-0.39, 0.29) is 11.5 Å². The van der Waals surface area contributed by atoms with Crippen LogP contribution in [0.2, 0.25) is 0 Å². The third kappa shape index (κ3) is 2.07. The number of carbonyl (C=O) groups is 1. The van der Waals surface area contributed by atoms with Crippen LogP contribution < -0.4 is 4.74 Å². The van der Waals surface area contributed by atoms with Crippen LogP contribution >= 0.6 is 0 Å². The molecule has 1 N–H and O–H groups in total. The Balaban J connectivity index is 2.30. The normalized spacial score (nSPS) is 16.9. The van der Waals surface area contributed by atoms with Crippen LogP contribution in [-0.2, 0) is 0 Å². The van der Waals surface area contributed by atoms with Crippen LogP contribution in [0.4, 0.5) is 4.39 Å². The van der Waals surface area contributed by atoms with Crippen LogP contribution in [0, 0.1) is 11.7 Å². The molecule has 0 bridgehead atoms. The molecule has 3 nitrogen and oxygen atoms in total. The molecule has 1 saturated carbocycles. The lowest BCUT2D eigenvalue weighted by Crippen LogP contribution is -2.23. The van der Waals surface area contributed by atoms with Gasteiger partial charge < -0.3 is 9.84 Å². The van der Waals surface area contributed by atoms with Gasteiger partial charge in [-0.2, -0.15) is 0 Å². The third-order valence-corrected chi connectivity index (χ3v) is 2.76. The molecule has 0 heterocycles. The quantitative estimate of drug-likeness (QED) is 0.793. The van der Waals surface area contributed by atoms with Crippen molar-refractivity contribution in [2.75, 3.05) is 7.11 Å². The Bertz CT molecular complexity index is 413. The number of Topliss-reactive ketones (excluding diaryl/α,β-unsaturated/α-hetero) is 1. The van der Waals surface area contributed by atoms with Crippen molar-refractivity contribution >= 4 is 5.78 Å². The van der Waals surface area contributed by atoms with Crippen molar-refractivity contribution in [2.24, 2.45) is 5.92 Å². The zero-order chi connectivity index (χ0) is 11.7. The van der Waals surface area contributed by atoms with E-state index in [0.717, 1.165) is 18.9 Å². The molecule has 1 unspecified atom stereocenters. The fourth-order valence-corrected chi connectivity index (χ4v) is 1.66. The van der Waals surface area contributed by atoms with Gasteiger partial charge in [-0.25, -0.2) is 4.39 Å². The Morgan fingerprint density at radius 3 is 2.81 bits per heavy atom. The number of ketones is 1. The standard InChI is InChI=1S/C12H13FO3/c1-16-10-5-4-8(13)6-9(10)12(15)11(14)7-2-3-7/h4-7,11,14H,2-3H2,1H3. The molecular formula is C12H13FO3. The largest absolute Gasteiger partial charge is 0.496 e. The van der Waals surface area contributed by atoms with Crippen LogP contribution in [0.1, 0.15) is 23.2 Å². The van der Waals surface area contributed by atoms with Crippen LogP contribution in [0.5, 0.6) is 5.75 Å². The number of carbonyl (C=O) groups excluding carboxylic acids is 1. The molecule has 0 aliphatic heterocycles. The maximum absolute atomic E-state index is 13.0. The molecule has 0 aromatic heterocycles. The third-order valence-electron chi connectivity index (χ3n) is 2.76. The van der Waals surface area contributed by atoms with E-state index in [9.17, 15) is 14.3 Å². The minimum absolute atomic E-state index is 0.0282. The average molecular weight is 224 g/mol. The van der Waals surface area contributed by atoms with Gasteiger partial charge in [0, 0.05) is 0 Å². The molecule has 0 spiro atoms. The van der Waals surface area contributed by atoms with Crippen molar-refractivity contribution in [1.29, 1.82) is 0 Å². The van der Waals surface area contributed by atoms with Gasteiger partial charge in [-0.15, -0.1) is 0 Å². The number of ether oxygens (including phenoxy) is 1. The van der Waals surface area contributed by atoms with Crippen molar-refractivity contribution in [3.8, 4) is 5.75 Å². The van der Waals surface area contributed by atoms with E-state index < -0.39 is 17.7 Å². The van der Waals surface area contributed by atoms with Gasteiger partial charge >= 0.3 is 0 Å². The molecule has 1 fully saturated rings. The maximum atomic E-state index is 13.0. The Morgan fingerprint density at radius 1 is 1.56 bits per heavy atom. The van der Waals surface area contributed by atoms with E-state index in [2.05, 4.69) is 0 Å². The minimum Gasteiger partial charge on any atom is -0.496 e. The molecule has 4 heteroatoms. The summed E-state index contributed by atoms with van der Waals surface area (Å²) in [5, 5.41) is 9.69. The van der Waals surface area contributed by atoms with Crippen LogP contribution in [-0.4, -0.2) is 24.1 Å². The van der Waals surface area contributed by atoms with E-state index in [1.807, 2.05) is 0 Å². The number of hydrogen-bond donors (Lipinski definition) is 1. The van der Waals surface area contributed by atoms with Crippen LogP contribution in [0.3, 0.4) is 0 Å². The number of rotatable bonds is 4. The smallest absolute Gasteiger partial charge is 0.195 e. The topological polar surface area (TPSA) is 46.5 Å². The zero-order valence-electron chi connectivity index (χ0n) is 8.94. The molecule has 1 aliphatic rings. The first-order chi connectivity index (χ1) is 7.63. The highest BCUT2D eigenvalue weighted by Gasteiger charge is 2.36. The number of hydrogen-bond acceptors (Lipinski definition) is 3. The van der Waals surface area contributed by atoms with Crippen molar-refractivity contribution in [2.45, 2.75) is 18.9 Å². The molecule has 1 aromatic carbocycles. The lowest BCUT2D eigenvalue weighted by molar-refractivity contribution is 0.0700. The van der Waals surface area contributed by atoms with Crippen molar-refractivity contribution < 1.29 is 19.0 Å².